The highest BCUT2D eigenvalue weighted by Gasteiger charge is 2.20. The van der Waals surface area contributed by atoms with Gasteiger partial charge in [-0.05, 0) is 11.1 Å². The summed E-state index contributed by atoms with van der Waals surface area (Å²) in [5.74, 6) is 0. The van der Waals surface area contributed by atoms with E-state index in [0.717, 1.165) is 0 Å². The van der Waals surface area contributed by atoms with Gasteiger partial charge in [0.2, 0.25) is 0 Å². The summed E-state index contributed by atoms with van der Waals surface area (Å²) in [6.07, 6.45) is 0. The molecule has 90 valence electrons. The predicted molar refractivity (Wildman–Crippen MR) is 62.1 cm³/mol. The Hall–Kier alpha value is -1.78. The van der Waals surface area contributed by atoms with Crippen molar-refractivity contribution < 1.29 is 17.3 Å². The van der Waals surface area contributed by atoms with Gasteiger partial charge in [0.1, 0.15) is 0 Å². The molecule has 0 aromatic heterocycles. The maximum absolute atomic E-state index is 9.75. The van der Waals surface area contributed by atoms with Gasteiger partial charge < -0.3 is 17.3 Å². The van der Waals surface area contributed by atoms with Crippen molar-refractivity contribution in [1.29, 1.82) is 0 Å². The minimum atomic E-state index is -6.00. The monoisotopic (exact) mass is 241 g/mol. The van der Waals surface area contributed by atoms with Gasteiger partial charge in [-0.15, -0.1) is 0 Å². The molecule has 0 amide bonds. The summed E-state index contributed by atoms with van der Waals surface area (Å²) in [6.45, 7) is 0. The largest absolute Gasteiger partial charge is 0.673 e. The van der Waals surface area contributed by atoms with Crippen molar-refractivity contribution in [2.24, 2.45) is 0 Å². The zero-order valence-electron chi connectivity index (χ0n) is 8.86. The lowest BCUT2D eigenvalue weighted by atomic mass is 10.1. The number of halogens is 4. The summed E-state index contributed by atoms with van der Waals surface area (Å²) < 4.78 is 39.0. The number of rotatable bonds is 1. The van der Waals surface area contributed by atoms with E-state index in [1.165, 1.54) is 11.1 Å². The summed E-state index contributed by atoms with van der Waals surface area (Å²) in [4.78, 5) is 0. The molecule has 0 aliphatic heterocycles. The lowest BCUT2D eigenvalue weighted by Crippen LogP contribution is -2.02. The highest BCUT2D eigenvalue weighted by Crippen LogP contribution is 2.17. The summed E-state index contributed by atoms with van der Waals surface area (Å²) in [6, 6.07) is 20.8. The molecule has 0 heterocycles. The fourth-order valence-electron chi connectivity index (χ4n) is 1.26. The first-order valence-corrected chi connectivity index (χ1v) is 4.94. The summed E-state index contributed by atoms with van der Waals surface area (Å²) in [5.41, 5.74) is 2.55. The van der Waals surface area contributed by atoms with Gasteiger partial charge in [-0.3, -0.25) is 0 Å². The van der Waals surface area contributed by atoms with Crippen LogP contribution in [-0.2, 0) is 0 Å². The maximum Gasteiger partial charge on any atom is 0.673 e. The van der Waals surface area contributed by atoms with Crippen LogP contribution in [0.2, 0.25) is 0 Å². The number of hydrogen-bond acceptors (Lipinski definition) is 0. The van der Waals surface area contributed by atoms with Crippen molar-refractivity contribution in [3.8, 4) is 11.1 Å². The van der Waals surface area contributed by atoms with E-state index in [1.807, 2.05) is 12.1 Å². The van der Waals surface area contributed by atoms with E-state index in [2.05, 4.69) is 48.5 Å². The van der Waals surface area contributed by atoms with E-state index in [0.29, 0.717) is 0 Å². The van der Waals surface area contributed by atoms with E-state index in [1.54, 1.807) is 0 Å². The van der Waals surface area contributed by atoms with Crippen molar-refractivity contribution >= 4 is 7.25 Å². The zero-order chi connectivity index (χ0) is 12.7. The molecular weight excluding hydrogens is 231 g/mol. The Kier molecular flexibility index (Phi) is 4.76. The molecule has 0 fully saturated rings. The molecule has 0 aliphatic carbocycles. The molecule has 0 atom stereocenters. The van der Waals surface area contributed by atoms with Crippen molar-refractivity contribution in [3.63, 3.8) is 0 Å². The smallest absolute Gasteiger partial charge is 0.418 e. The van der Waals surface area contributed by atoms with Gasteiger partial charge in [-0.25, -0.2) is 0 Å². The van der Waals surface area contributed by atoms with Gasteiger partial charge >= 0.3 is 7.25 Å². The Morgan fingerprint density at radius 2 is 0.765 bits per heavy atom. The second kappa shape index (κ2) is 6.08. The highest BCUT2D eigenvalue weighted by atomic mass is 19.5. The van der Waals surface area contributed by atoms with Crippen LogP contribution >= 0.6 is 0 Å². The van der Waals surface area contributed by atoms with E-state index >= 15 is 0 Å². The molecule has 2 rings (SSSR count). The van der Waals surface area contributed by atoms with E-state index in [9.17, 15) is 17.3 Å². The second-order valence-electron chi connectivity index (χ2n) is 3.23. The van der Waals surface area contributed by atoms with E-state index in [4.69, 9.17) is 0 Å². The fourth-order valence-corrected chi connectivity index (χ4v) is 1.26. The first kappa shape index (κ1) is 13.3. The third-order valence-corrected chi connectivity index (χ3v) is 1.88. The normalized spacial score (nSPS) is 10.4. The Labute approximate surface area is 97.0 Å². The molecule has 0 spiro atoms. The van der Waals surface area contributed by atoms with Crippen molar-refractivity contribution in [2.45, 2.75) is 0 Å². The summed E-state index contributed by atoms with van der Waals surface area (Å²) in [5, 5.41) is 0. The molecule has 0 saturated heterocycles. The van der Waals surface area contributed by atoms with Crippen molar-refractivity contribution in [2.75, 3.05) is 0 Å². The SMILES string of the molecule is F[B-](F)(F)F.c1ccc(-c2ccccc2)cc1. The van der Waals surface area contributed by atoms with Crippen LogP contribution in [0.1, 0.15) is 0 Å². The second-order valence-corrected chi connectivity index (χ2v) is 3.23. The summed E-state index contributed by atoms with van der Waals surface area (Å²) >= 11 is 0. The van der Waals surface area contributed by atoms with Crippen LogP contribution in [0.3, 0.4) is 0 Å². The lowest BCUT2D eigenvalue weighted by Gasteiger charge is -1.98. The van der Waals surface area contributed by atoms with Crippen molar-refractivity contribution in [1.82, 2.24) is 0 Å². The molecule has 17 heavy (non-hydrogen) atoms. The van der Waals surface area contributed by atoms with Gasteiger partial charge in [-0.1, -0.05) is 60.7 Å². The molecule has 0 nitrogen and oxygen atoms in total. The van der Waals surface area contributed by atoms with Gasteiger partial charge in [0.25, 0.3) is 0 Å². The first-order chi connectivity index (χ1) is 7.97. The molecule has 5 heteroatoms. The molecule has 0 N–H and O–H groups in total. The van der Waals surface area contributed by atoms with Gasteiger partial charge in [0, 0.05) is 0 Å². The fraction of sp³-hybridized carbons (Fsp3) is 0. The maximum atomic E-state index is 9.75. The van der Waals surface area contributed by atoms with Crippen LogP contribution in [0.4, 0.5) is 17.3 Å². The topological polar surface area (TPSA) is 0 Å². The standard InChI is InChI=1S/C12H10.BF4/c1-3-7-11(8-4-1)12-9-5-2-6-10-12;2-1(3,4)5/h1-10H;/q;-1. The minimum absolute atomic E-state index is 1.28. The average molecular weight is 241 g/mol. The van der Waals surface area contributed by atoms with Crippen LogP contribution in [-0.4, -0.2) is 7.25 Å². The van der Waals surface area contributed by atoms with Gasteiger partial charge in [0.15, 0.2) is 0 Å². The Balaban J connectivity index is 0.000000249. The van der Waals surface area contributed by atoms with Crippen LogP contribution < -0.4 is 0 Å². The number of benzene rings is 2. The molecule has 0 unspecified atom stereocenters. The Morgan fingerprint density at radius 1 is 0.529 bits per heavy atom. The highest BCUT2D eigenvalue weighted by molar-refractivity contribution is 6.50. The number of hydrogen-bond donors (Lipinski definition) is 0. The van der Waals surface area contributed by atoms with Crippen LogP contribution in [0.15, 0.2) is 60.7 Å². The zero-order valence-corrected chi connectivity index (χ0v) is 8.86. The minimum Gasteiger partial charge on any atom is -0.418 e. The van der Waals surface area contributed by atoms with Crippen LogP contribution in [0.25, 0.3) is 11.1 Å². The molecule has 2 aromatic carbocycles. The van der Waals surface area contributed by atoms with Crippen LogP contribution in [0, 0.1) is 0 Å². The lowest BCUT2D eigenvalue weighted by molar-refractivity contribution is 0.368. The Bertz CT molecular complexity index is 382. The first-order valence-electron chi connectivity index (χ1n) is 4.94. The van der Waals surface area contributed by atoms with Crippen LogP contribution in [0.5, 0.6) is 0 Å². The third-order valence-electron chi connectivity index (χ3n) is 1.88. The molecule has 2 aromatic rings. The summed E-state index contributed by atoms with van der Waals surface area (Å²) in [7, 11) is -6.00. The van der Waals surface area contributed by atoms with Gasteiger partial charge in [-0.2, -0.15) is 0 Å². The third kappa shape index (κ3) is 6.40. The molecular formula is C12H10BF4-. The quantitative estimate of drug-likeness (QED) is 0.503. The van der Waals surface area contributed by atoms with Crippen molar-refractivity contribution in [3.05, 3.63) is 60.7 Å². The average Bonchev–Trinajstić information content (AvgIpc) is 2.29. The predicted octanol–water partition coefficient (Wildman–Crippen LogP) is 4.65. The van der Waals surface area contributed by atoms with Gasteiger partial charge in [0.05, 0.1) is 0 Å². The molecule has 0 radical (unpaired) electrons. The molecule has 0 aliphatic rings. The van der Waals surface area contributed by atoms with E-state index < -0.39 is 7.25 Å². The van der Waals surface area contributed by atoms with E-state index in [-0.39, 0.29) is 0 Å². The molecule has 0 saturated carbocycles. The molecule has 0 bridgehead atoms. The Morgan fingerprint density at radius 3 is 1.00 bits per heavy atom.